The number of hydrogen-bond acceptors (Lipinski definition) is 4. The SMILES string of the molecule is CCOc1ccc(S(=O)(=O)N(C)CC=O)cc1. The number of carbonyl (C=O) groups is 1. The zero-order chi connectivity index (χ0) is 12.9. The molecule has 0 fully saturated rings. The highest BCUT2D eigenvalue weighted by molar-refractivity contribution is 7.89. The van der Waals surface area contributed by atoms with Crippen molar-refractivity contribution in [2.45, 2.75) is 11.8 Å². The quantitative estimate of drug-likeness (QED) is 0.710. The third-order valence-electron chi connectivity index (χ3n) is 2.17. The van der Waals surface area contributed by atoms with Crippen LogP contribution in [-0.4, -0.2) is 39.2 Å². The smallest absolute Gasteiger partial charge is 0.243 e. The summed E-state index contributed by atoms with van der Waals surface area (Å²) in [6, 6.07) is 6.10. The van der Waals surface area contributed by atoms with Crippen molar-refractivity contribution < 1.29 is 17.9 Å². The van der Waals surface area contributed by atoms with Crippen LogP contribution in [0, 0.1) is 0 Å². The molecular formula is C11H15NO4S. The van der Waals surface area contributed by atoms with Gasteiger partial charge in [-0.1, -0.05) is 0 Å². The second-order valence-electron chi connectivity index (χ2n) is 3.36. The highest BCUT2D eigenvalue weighted by Gasteiger charge is 2.19. The van der Waals surface area contributed by atoms with E-state index in [2.05, 4.69) is 0 Å². The van der Waals surface area contributed by atoms with Gasteiger partial charge in [0.25, 0.3) is 0 Å². The van der Waals surface area contributed by atoms with Crippen molar-refractivity contribution in [3.63, 3.8) is 0 Å². The van der Waals surface area contributed by atoms with E-state index < -0.39 is 10.0 Å². The van der Waals surface area contributed by atoms with Crippen LogP contribution in [0.5, 0.6) is 5.75 Å². The summed E-state index contributed by atoms with van der Waals surface area (Å²) < 4.78 is 30.0. The van der Waals surface area contributed by atoms with E-state index in [1.807, 2.05) is 6.92 Å². The molecule has 0 heterocycles. The maximum Gasteiger partial charge on any atom is 0.243 e. The highest BCUT2D eigenvalue weighted by Crippen LogP contribution is 2.18. The van der Waals surface area contributed by atoms with Gasteiger partial charge in [0.2, 0.25) is 10.0 Å². The van der Waals surface area contributed by atoms with Crippen molar-refractivity contribution >= 4 is 16.3 Å². The minimum Gasteiger partial charge on any atom is -0.494 e. The second-order valence-corrected chi connectivity index (χ2v) is 5.40. The Balaban J connectivity index is 2.95. The molecule has 0 N–H and O–H groups in total. The van der Waals surface area contributed by atoms with Gasteiger partial charge in [0, 0.05) is 7.05 Å². The fourth-order valence-electron chi connectivity index (χ4n) is 1.26. The van der Waals surface area contributed by atoms with Crippen LogP contribution >= 0.6 is 0 Å². The molecule has 5 nitrogen and oxygen atoms in total. The predicted molar refractivity (Wildman–Crippen MR) is 63.5 cm³/mol. The number of aldehydes is 1. The second kappa shape index (κ2) is 5.79. The van der Waals surface area contributed by atoms with Crippen LogP contribution < -0.4 is 4.74 Å². The van der Waals surface area contributed by atoms with Gasteiger partial charge < -0.3 is 9.53 Å². The Labute approximate surface area is 101 Å². The third-order valence-corrected chi connectivity index (χ3v) is 4.01. The van der Waals surface area contributed by atoms with Gasteiger partial charge in [-0.2, -0.15) is 4.31 Å². The lowest BCUT2D eigenvalue weighted by molar-refractivity contribution is -0.107. The molecule has 0 aliphatic rings. The van der Waals surface area contributed by atoms with E-state index in [9.17, 15) is 13.2 Å². The van der Waals surface area contributed by atoms with Crippen molar-refractivity contribution in [2.75, 3.05) is 20.2 Å². The molecule has 1 aromatic rings. The molecule has 94 valence electrons. The number of ether oxygens (including phenoxy) is 1. The van der Waals surface area contributed by atoms with E-state index in [1.54, 1.807) is 12.1 Å². The lowest BCUT2D eigenvalue weighted by Crippen LogP contribution is -2.28. The monoisotopic (exact) mass is 257 g/mol. The summed E-state index contributed by atoms with van der Waals surface area (Å²) in [5.41, 5.74) is 0. The molecule has 0 saturated heterocycles. The lowest BCUT2D eigenvalue weighted by atomic mass is 10.3. The molecule has 0 atom stereocenters. The van der Waals surface area contributed by atoms with E-state index in [0.29, 0.717) is 18.6 Å². The van der Waals surface area contributed by atoms with Gasteiger partial charge in [0.1, 0.15) is 12.0 Å². The topological polar surface area (TPSA) is 63.7 Å². The van der Waals surface area contributed by atoms with Gasteiger partial charge in [-0.25, -0.2) is 8.42 Å². The summed E-state index contributed by atoms with van der Waals surface area (Å²) in [6.07, 6.45) is 0.548. The van der Waals surface area contributed by atoms with Crippen LogP contribution in [0.4, 0.5) is 0 Å². The molecule has 0 aliphatic heterocycles. The van der Waals surface area contributed by atoms with E-state index in [0.717, 1.165) is 4.31 Å². The number of nitrogens with zero attached hydrogens (tertiary/aromatic N) is 1. The summed E-state index contributed by atoms with van der Waals surface area (Å²) in [5, 5.41) is 0. The van der Waals surface area contributed by atoms with E-state index in [-0.39, 0.29) is 11.4 Å². The van der Waals surface area contributed by atoms with E-state index >= 15 is 0 Å². The maximum atomic E-state index is 11.9. The van der Waals surface area contributed by atoms with Gasteiger partial charge >= 0.3 is 0 Å². The molecule has 1 rings (SSSR count). The zero-order valence-electron chi connectivity index (χ0n) is 9.79. The summed E-state index contributed by atoms with van der Waals surface area (Å²) in [7, 11) is -2.23. The van der Waals surface area contributed by atoms with Crippen LogP contribution in [0.15, 0.2) is 29.2 Å². The standard InChI is InChI=1S/C11H15NO4S/c1-3-16-10-4-6-11(7-5-10)17(14,15)12(2)8-9-13/h4-7,9H,3,8H2,1-2H3. The average molecular weight is 257 g/mol. The first kappa shape index (κ1) is 13.7. The van der Waals surface area contributed by atoms with Crippen LogP contribution in [0.25, 0.3) is 0 Å². The molecule has 0 aromatic heterocycles. The van der Waals surface area contributed by atoms with E-state index in [4.69, 9.17) is 4.74 Å². The summed E-state index contributed by atoms with van der Waals surface area (Å²) in [4.78, 5) is 10.5. The number of likely N-dealkylation sites (N-methyl/N-ethyl adjacent to an activating group) is 1. The fraction of sp³-hybridized carbons (Fsp3) is 0.364. The van der Waals surface area contributed by atoms with Crippen molar-refractivity contribution in [3.05, 3.63) is 24.3 Å². The van der Waals surface area contributed by atoms with Crippen LogP contribution in [0.3, 0.4) is 0 Å². The molecule has 0 aliphatic carbocycles. The van der Waals surface area contributed by atoms with Crippen LogP contribution in [0.2, 0.25) is 0 Å². The summed E-state index contributed by atoms with van der Waals surface area (Å²) in [5.74, 6) is 0.615. The molecular weight excluding hydrogens is 242 g/mol. The minimum absolute atomic E-state index is 0.144. The van der Waals surface area contributed by atoms with Crippen molar-refractivity contribution in [3.8, 4) is 5.75 Å². The predicted octanol–water partition coefficient (Wildman–Crippen LogP) is 0.905. The maximum absolute atomic E-state index is 11.9. The molecule has 1 aromatic carbocycles. The largest absolute Gasteiger partial charge is 0.494 e. The number of benzene rings is 1. The number of rotatable bonds is 6. The third kappa shape index (κ3) is 3.28. The lowest BCUT2D eigenvalue weighted by Gasteiger charge is -2.14. The molecule has 0 spiro atoms. The zero-order valence-corrected chi connectivity index (χ0v) is 10.6. The Kier molecular flexibility index (Phi) is 4.65. The van der Waals surface area contributed by atoms with Crippen LogP contribution in [-0.2, 0) is 14.8 Å². The van der Waals surface area contributed by atoms with Gasteiger partial charge in [0.05, 0.1) is 18.0 Å². The first-order valence-corrected chi connectivity index (χ1v) is 6.59. The Morgan fingerprint density at radius 2 is 1.88 bits per heavy atom. The molecule has 0 bridgehead atoms. The Bertz CT molecular complexity index is 467. The first-order chi connectivity index (χ1) is 8.02. The van der Waals surface area contributed by atoms with Gasteiger partial charge in [-0.3, -0.25) is 0 Å². The highest BCUT2D eigenvalue weighted by atomic mass is 32.2. The Morgan fingerprint density at radius 3 is 2.35 bits per heavy atom. The number of hydrogen-bond donors (Lipinski definition) is 0. The number of carbonyl (C=O) groups excluding carboxylic acids is 1. The molecule has 0 unspecified atom stereocenters. The van der Waals surface area contributed by atoms with Crippen molar-refractivity contribution in [2.24, 2.45) is 0 Å². The fourth-order valence-corrected chi connectivity index (χ4v) is 2.35. The number of sulfonamides is 1. The molecule has 0 amide bonds. The Morgan fingerprint density at radius 1 is 1.29 bits per heavy atom. The van der Waals surface area contributed by atoms with Crippen LogP contribution in [0.1, 0.15) is 6.92 Å². The average Bonchev–Trinajstić information content (AvgIpc) is 2.30. The van der Waals surface area contributed by atoms with Gasteiger partial charge in [0.15, 0.2) is 0 Å². The molecule has 17 heavy (non-hydrogen) atoms. The van der Waals surface area contributed by atoms with Crippen molar-refractivity contribution in [1.29, 1.82) is 0 Å². The molecule has 0 radical (unpaired) electrons. The summed E-state index contributed by atoms with van der Waals surface area (Å²) >= 11 is 0. The molecule has 6 heteroatoms. The van der Waals surface area contributed by atoms with Gasteiger partial charge in [-0.05, 0) is 31.2 Å². The first-order valence-electron chi connectivity index (χ1n) is 5.15. The van der Waals surface area contributed by atoms with Gasteiger partial charge in [-0.15, -0.1) is 0 Å². The molecule has 0 saturated carbocycles. The normalized spacial score (nSPS) is 11.5. The van der Waals surface area contributed by atoms with Crippen molar-refractivity contribution in [1.82, 2.24) is 4.31 Å². The Hall–Kier alpha value is -1.40. The summed E-state index contributed by atoms with van der Waals surface area (Å²) in [6.45, 7) is 2.22. The van der Waals surface area contributed by atoms with E-state index in [1.165, 1.54) is 19.2 Å². The minimum atomic E-state index is -3.59.